The molecule has 0 aliphatic carbocycles. The molecule has 1 aromatic rings. The maximum atomic E-state index is 9.10. The molecule has 1 aromatic carbocycles. The van der Waals surface area contributed by atoms with Crippen LogP contribution in [0.15, 0.2) is 22.7 Å². The van der Waals surface area contributed by atoms with Crippen molar-refractivity contribution >= 4 is 27.9 Å². The number of methoxy groups -OCH3 is 1. The first-order valence-electron chi connectivity index (χ1n) is 9.65. The first-order valence-corrected chi connectivity index (χ1v) is 10.4. The van der Waals surface area contributed by atoms with Crippen LogP contribution in [0, 0.1) is 0 Å². The Morgan fingerprint density at radius 2 is 1.68 bits per heavy atom. The first kappa shape index (κ1) is 22.6. The van der Waals surface area contributed by atoms with E-state index >= 15 is 0 Å². The van der Waals surface area contributed by atoms with E-state index in [0.717, 1.165) is 22.8 Å². The van der Waals surface area contributed by atoms with Gasteiger partial charge in [0.1, 0.15) is 5.75 Å². The van der Waals surface area contributed by atoms with Crippen molar-refractivity contribution in [2.24, 2.45) is 0 Å². The van der Waals surface area contributed by atoms with E-state index in [1.165, 1.54) is 63.8 Å². The van der Waals surface area contributed by atoms with Crippen molar-refractivity contribution in [1.29, 1.82) is 0 Å². The fraction of sp³-hybridized carbons (Fsp3) is 0.600. The Balaban J connectivity index is 0.000000409. The average molecular weight is 457 g/mol. The van der Waals surface area contributed by atoms with Crippen LogP contribution < -0.4 is 4.74 Å². The third-order valence-electron chi connectivity index (χ3n) is 5.28. The second-order valence-electron chi connectivity index (χ2n) is 7.17. The van der Waals surface area contributed by atoms with Crippen molar-refractivity contribution in [3.8, 4) is 5.75 Å². The van der Waals surface area contributed by atoms with Gasteiger partial charge in [-0.3, -0.25) is 4.90 Å². The summed E-state index contributed by atoms with van der Waals surface area (Å²) in [6.07, 6.45) is 6.86. The van der Waals surface area contributed by atoms with Crippen LogP contribution in [0.25, 0.3) is 0 Å². The second kappa shape index (κ2) is 11.4. The maximum Gasteiger partial charge on any atom is 0.414 e. The molecule has 28 heavy (non-hydrogen) atoms. The molecule has 0 saturated carbocycles. The lowest BCUT2D eigenvalue weighted by molar-refractivity contribution is -0.159. The molecule has 0 spiro atoms. The molecule has 2 fully saturated rings. The maximum absolute atomic E-state index is 9.10. The van der Waals surface area contributed by atoms with Gasteiger partial charge in [0.25, 0.3) is 0 Å². The van der Waals surface area contributed by atoms with Crippen LogP contribution >= 0.6 is 15.9 Å². The average Bonchev–Trinajstić information content (AvgIpc) is 2.70. The molecule has 2 aliphatic heterocycles. The molecule has 156 valence electrons. The summed E-state index contributed by atoms with van der Waals surface area (Å²) < 4.78 is 6.63. The van der Waals surface area contributed by atoms with Crippen molar-refractivity contribution in [2.75, 3.05) is 33.3 Å². The number of rotatable bonds is 4. The third-order valence-corrected chi connectivity index (χ3v) is 5.78. The van der Waals surface area contributed by atoms with Gasteiger partial charge < -0.3 is 19.8 Å². The van der Waals surface area contributed by atoms with Gasteiger partial charge in [0, 0.05) is 22.6 Å². The zero-order valence-electron chi connectivity index (χ0n) is 16.3. The second-order valence-corrected chi connectivity index (χ2v) is 8.09. The van der Waals surface area contributed by atoms with Crippen molar-refractivity contribution in [1.82, 2.24) is 9.80 Å². The summed E-state index contributed by atoms with van der Waals surface area (Å²) >= 11 is 3.57. The zero-order valence-corrected chi connectivity index (χ0v) is 17.9. The number of hydrogen-bond donors (Lipinski definition) is 2. The van der Waals surface area contributed by atoms with Gasteiger partial charge in [-0.1, -0.05) is 22.4 Å². The number of halogens is 1. The van der Waals surface area contributed by atoms with Gasteiger partial charge in [0.05, 0.1) is 7.11 Å². The fourth-order valence-corrected chi connectivity index (χ4v) is 4.25. The Hall–Kier alpha value is -1.64. The zero-order chi connectivity index (χ0) is 20.5. The highest BCUT2D eigenvalue weighted by molar-refractivity contribution is 9.10. The standard InChI is InChI=1S/C18H27BrN2O.C2H2O4/c1-22-18-6-5-16(19)13-15(18)14-20-11-7-17(8-12-20)21-9-3-2-4-10-21;3-1(4)2(5)6/h5-6,13,17H,2-4,7-12,14H2,1H3;(H,3,4)(H,5,6). The number of benzene rings is 1. The molecule has 0 radical (unpaired) electrons. The summed E-state index contributed by atoms with van der Waals surface area (Å²) in [5, 5.41) is 14.8. The number of piperidine rings is 2. The van der Waals surface area contributed by atoms with Crippen LogP contribution in [-0.2, 0) is 16.1 Å². The molecule has 2 heterocycles. The molecule has 7 nitrogen and oxygen atoms in total. The number of carboxylic acid groups (broad SMARTS) is 2. The van der Waals surface area contributed by atoms with E-state index in [1.54, 1.807) is 7.11 Å². The lowest BCUT2D eigenvalue weighted by Gasteiger charge is -2.40. The molecule has 2 N–H and O–H groups in total. The third kappa shape index (κ3) is 7.07. The molecular formula is C20H29BrN2O5. The van der Waals surface area contributed by atoms with Crippen molar-refractivity contribution < 1.29 is 24.5 Å². The van der Waals surface area contributed by atoms with E-state index in [1.807, 2.05) is 6.07 Å². The van der Waals surface area contributed by atoms with Gasteiger partial charge in [0.15, 0.2) is 0 Å². The van der Waals surface area contributed by atoms with Gasteiger partial charge in [-0.25, -0.2) is 9.59 Å². The summed E-state index contributed by atoms with van der Waals surface area (Å²) in [7, 11) is 1.76. The summed E-state index contributed by atoms with van der Waals surface area (Å²) in [6.45, 7) is 6.05. The van der Waals surface area contributed by atoms with E-state index < -0.39 is 11.9 Å². The highest BCUT2D eigenvalue weighted by atomic mass is 79.9. The Kier molecular flexibility index (Phi) is 9.21. The van der Waals surface area contributed by atoms with Crippen LogP contribution in [0.4, 0.5) is 0 Å². The summed E-state index contributed by atoms with van der Waals surface area (Å²) in [6, 6.07) is 7.11. The van der Waals surface area contributed by atoms with Crippen LogP contribution in [0.1, 0.15) is 37.7 Å². The van der Waals surface area contributed by atoms with Crippen molar-refractivity contribution in [3.63, 3.8) is 0 Å². The molecule has 8 heteroatoms. The highest BCUT2D eigenvalue weighted by Crippen LogP contribution is 2.27. The van der Waals surface area contributed by atoms with E-state index in [4.69, 9.17) is 24.5 Å². The highest BCUT2D eigenvalue weighted by Gasteiger charge is 2.25. The SMILES string of the molecule is COc1ccc(Br)cc1CN1CCC(N2CCCCC2)CC1.O=C(O)C(=O)O. The van der Waals surface area contributed by atoms with Gasteiger partial charge in [-0.05, 0) is 70.1 Å². The molecule has 0 aromatic heterocycles. The molecule has 2 saturated heterocycles. The number of ether oxygens (including phenoxy) is 1. The Morgan fingerprint density at radius 1 is 1.07 bits per heavy atom. The number of aliphatic carboxylic acids is 2. The minimum atomic E-state index is -1.82. The first-order chi connectivity index (χ1) is 13.4. The topological polar surface area (TPSA) is 90.3 Å². The van der Waals surface area contributed by atoms with Gasteiger partial charge in [-0.2, -0.15) is 0 Å². The summed E-state index contributed by atoms with van der Waals surface area (Å²) in [4.78, 5) is 23.5. The van der Waals surface area contributed by atoms with Crippen LogP contribution in [-0.4, -0.2) is 71.3 Å². The monoisotopic (exact) mass is 456 g/mol. The predicted molar refractivity (Wildman–Crippen MR) is 110 cm³/mol. The van der Waals surface area contributed by atoms with Gasteiger partial charge in [-0.15, -0.1) is 0 Å². The number of carboxylic acids is 2. The van der Waals surface area contributed by atoms with E-state index in [2.05, 4.69) is 37.9 Å². The van der Waals surface area contributed by atoms with E-state index in [9.17, 15) is 0 Å². The van der Waals surface area contributed by atoms with Gasteiger partial charge in [0.2, 0.25) is 0 Å². The van der Waals surface area contributed by atoms with E-state index in [0.29, 0.717) is 0 Å². The molecule has 2 aliphatic rings. The van der Waals surface area contributed by atoms with Crippen LogP contribution in [0.3, 0.4) is 0 Å². The molecule has 0 amide bonds. The largest absolute Gasteiger partial charge is 0.496 e. The van der Waals surface area contributed by atoms with Crippen LogP contribution in [0.2, 0.25) is 0 Å². The van der Waals surface area contributed by atoms with E-state index in [-0.39, 0.29) is 0 Å². The molecule has 0 bridgehead atoms. The van der Waals surface area contributed by atoms with Gasteiger partial charge >= 0.3 is 11.9 Å². The van der Waals surface area contributed by atoms with Crippen molar-refractivity contribution in [3.05, 3.63) is 28.2 Å². The van der Waals surface area contributed by atoms with Crippen LogP contribution in [0.5, 0.6) is 5.75 Å². The number of hydrogen-bond acceptors (Lipinski definition) is 5. The number of likely N-dealkylation sites (tertiary alicyclic amines) is 2. The van der Waals surface area contributed by atoms with Crippen molar-refractivity contribution in [2.45, 2.75) is 44.7 Å². The smallest absolute Gasteiger partial charge is 0.414 e. The fourth-order valence-electron chi connectivity index (χ4n) is 3.84. The Morgan fingerprint density at radius 3 is 2.21 bits per heavy atom. The Bertz CT molecular complexity index is 644. The number of nitrogens with zero attached hydrogens (tertiary/aromatic N) is 2. The lowest BCUT2D eigenvalue weighted by atomic mass is 9.99. The summed E-state index contributed by atoms with van der Waals surface area (Å²) in [5.74, 6) is -2.65. The molecule has 3 rings (SSSR count). The lowest BCUT2D eigenvalue weighted by Crippen LogP contribution is -2.46. The summed E-state index contributed by atoms with van der Waals surface area (Å²) in [5.41, 5.74) is 1.29. The Labute approximate surface area is 174 Å². The quantitative estimate of drug-likeness (QED) is 0.672. The number of carbonyl (C=O) groups is 2. The minimum absolute atomic E-state index is 0.820. The predicted octanol–water partition coefficient (Wildman–Crippen LogP) is 3.06. The normalized spacial score (nSPS) is 18.8. The molecular weight excluding hydrogens is 428 g/mol. The molecule has 0 unspecified atom stereocenters. The molecule has 0 atom stereocenters. The minimum Gasteiger partial charge on any atom is -0.496 e.